The highest BCUT2D eigenvalue weighted by Crippen LogP contribution is 2.61. The number of carbonyl (C=O) groups is 2. The van der Waals surface area contributed by atoms with E-state index in [1.807, 2.05) is 44.3 Å². The lowest BCUT2D eigenvalue weighted by atomic mass is 9.73. The summed E-state index contributed by atoms with van der Waals surface area (Å²) in [6.07, 6.45) is 3.20. The Labute approximate surface area is 206 Å². The Bertz CT molecular complexity index is 1320. The van der Waals surface area contributed by atoms with Crippen LogP contribution in [0.15, 0.2) is 63.8 Å². The van der Waals surface area contributed by atoms with Gasteiger partial charge in [0.2, 0.25) is 5.54 Å². The van der Waals surface area contributed by atoms with Gasteiger partial charge in [-0.3, -0.25) is 14.5 Å². The number of likely N-dealkylation sites (N-methyl/N-ethyl adjacent to an activating group) is 2. The Morgan fingerprint density at radius 2 is 1.91 bits per heavy atom. The zero-order chi connectivity index (χ0) is 23.8. The molecule has 2 saturated heterocycles. The first-order valence-corrected chi connectivity index (χ1v) is 12.4. The van der Waals surface area contributed by atoms with Gasteiger partial charge in [0.15, 0.2) is 4.75 Å². The van der Waals surface area contributed by atoms with Crippen LogP contribution in [0.1, 0.15) is 28.6 Å². The number of thiocarbonyl (C=S) groups is 1. The summed E-state index contributed by atoms with van der Waals surface area (Å²) in [7, 11) is 3.79. The summed E-state index contributed by atoms with van der Waals surface area (Å²) in [5, 5.41) is 0. The molecule has 5 heterocycles. The highest BCUT2D eigenvalue weighted by molar-refractivity contribution is 8.25. The molecule has 34 heavy (non-hydrogen) atoms. The lowest BCUT2D eigenvalue weighted by Gasteiger charge is -2.38. The smallest absolute Gasteiger partial charge is 0.295 e. The Balaban J connectivity index is 1.61. The number of likely N-dealkylation sites (tertiary alicyclic amines) is 1. The van der Waals surface area contributed by atoms with Crippen molar-refractivity contribution >= 4 is 45.8 Å². The molecule has 3 aliphatic rings. The van der Waals surface area contributed by atoms with E-state index >= 15 is 0 Å². The molecule has 2 fully saturated rings. The quantitative estimate of drug-likeness (QED) is 0.564. The molecule has 2 amide bonds. The second-order valence-corrected chi connectivity index (χ2v) is 11.1. The molecule has 1 N–H and O–H groups in total. The van der Waals surface area contributed by atoms with Crippen molar-refractivity contribution < 1.29 is 23.3 Å². The maximum absolute atomic E-state index is 14.6. The number of nitrogens with one attached hydrogen (secondary N) is 1. The van der Waals surface area contributed by atoms with Gasteiger partial charge in [-0.1, -0.05) is 35.6 Å². The molecular formula is C25H24N3O4S2+. The first-order chi connectivity index (χ1) is 16.3. The predicted octanol–water partition coefficient (Wildman–Crippen LogP) is 2.46. The van der Waals surface area contributed by atoms with Gasteiger partial charge in [0.25, 0.3) is 11.8 Å². The Morgan fingerprint density at radius 1 is 1.15 bits per heavy atom. The number of furan rings is 2. The van der Waals surface area contributed by atoms with Crippen molar-refractivity contribution in [1.82, 2.24) is 4.90 Å². The van der Waals surface area contributed by atoms with Crippen molar-refractivity contribution in [3.05, 3.63) is 77.6 Å². The number of carbonyl (C=O) groups excluding carboxylic acids is 2. The third kappa shape index (κ3) is 2.49. The molecule has 0 bridgehead atoms. The second-order valence-electron chi connectivity index (χ2n) is 9.26. The van der Waals surface area contributed by atoms with Gasteiger partial charge in [-0.2, -0.15) is 0 Å². The van der Waals surface area contributed by atoms with E-state index in [1.165, 1.54) is 11.8 Å². The Kier molecular flexibility index (Phi) is 4.65. The fourth-order valence-corrected chi connectivity index (χ4v) is 8.27. The fraction of sp³-hybridized carbons (Fsp3) is 0.320. The number of quaternary nitrogens is 1. The highest BCUT2D eigenvalue weighted by Gasteiger charge is 2.82. The number of thioether (sulfide) groups is 1. The van der Waals surface area contributed by atoms with Gasteiger partial charge < -0.3 is 18.6 Å². The van der Waals surface area contributed by atoms with Crippen LogP contribution in [0.2, 0.25) is 0 Å². The molecule has 174 valence electrons. The zero-order valence-electron chi connectivity index (χ0n) is 19.0. The number of anilines is 1. The number of hydrogen-bond donors (Lipinski definition) is 1. The van der Waals surface area contributed by atoms with E-state index in [2.05, 4.69) is 6.07 Å². The molecule has 9 heteroatoms. The van der Waals surface area contributed by atoms with Crippen molar-refractivity contribution in [1.29, 1.82) is 0 Å². The molecule has 0 aliphatic carbocycles. The van der Waals surface area contributed by atoms with Gasteiger partial charge >= 0.3 is 0 Å². The maximum Gasteiger partial charge on any atom is 0.295 e. The molecule has 0 radical (unpaired) electrons. The number of nitrogens with zero attached hydrogens (tertiary/aromatic N) is 2. The van der Waals surface area contributed by atoms with E-state index < -0.39 is 10.3 Å². The topological polar surface area (TPSA) is 71.3 Å². The molecule has 7 nitrogen and oxygen atoms in total. The van der Waals surface area contributed by atoms with Gasteiger partial charge in [-0.05, 0) is 43.3 Å². The number of amides is 2. The van der Waals surface area contributed by atoms with Crippen molar-refractivity contribution in [3.63, 3.8) is 0 Å². The van der Waals surface area contributed by atoms with Gasteiger partial charge in [0.05, 0.1) is 44.3 Å². The summed E-state index contributed by atoms with van der Waals surface area (Å²) in [4.78, 5) is 33.1. The van der Waals surface area contributed by atoms with E-state index in [-0.39, 0.29) is 24.3 Å². The number of fused-ring (bicyclic) bond motifs is 3. The van der Waals surface area contributed by atoms with Crippen molar-refractivity contribution in [2.75, 3.05) is 25.5 Å². The van der Waals surface area contributed by atoms with Gasteiger partial charge in [-0.25, -0.2) is 0 Å². The van der Waals surface area contributed by atoms with Gasteiger partial charge in [0.1, 0.15) is 15.8 Å². The van der Waals surface area contributed by atoms with Crippen LogP contribution in [0, 0.1) is 6.92 Å². The second kappa shape index (κ2) is 7.31. The van der Waals surface area contributed by atoms with Crippen LogP contribution in [0.5, 0.6) is 0 Å². The lowest BCUT2D eigenvalue weighted by molar-refractivity contribution is -0.917. The highest BCUT2D eigenvalue weighted by atomic mass is 32.2. The summed E-state index contributed by atoms with van der Waals surface area (Å²) in [5.41, 5.74) is 1.59. The molecule has 1 unspecified atom stereocenters. The largest absolute Gasteiger partial charge is 0.469 e. The van der Waals surface area contributed by atoms with E-state index in [4.69, 9.17) is 21.1 Å². The van der Waals surface area contributed by atoms with E-state index in [1.54, 1.807) is 35.4 Å². The Morgan fingerprint density at radius 3 is 2.62 bits per heavy atom. The average molecular weight is 495 g/mol. The minimum Gasteiger partial charge on any atom is -0.469 e. The summed E-state index contributed by atoms with van der Waals surface area (Å²) < 4.78 is 10.7. The molecular weight excluding hydrogens is 470 g/mol. The number of hydrogen-bond acceptors (Lipinski definition) is 6. The van der Waals surface area contributed by atoms with Crippen LogP contribution >= 0.6 is 24.0 Å². The van der Waals surface area contributed by atoms with Crippen LogP contribution in [-0.4, -0.2) is 46.4 Å². The zero-order valence-corrected chi connectivity index (χ0v) is 20.7. The fourth-order valence-electron chi connectivity index (χ4n) is 6.13. The molecule has 4 atom stereocenters. The summed E-state index contributed by atoms with van der Waals surface area (Å²) in [6.45, 7) is 2.79. The van der Waals surface area contributed by atoms with E-state index in [0.29, 0.717) is 22.4 Å². The number of benzene rings is 1. The minimum atomic E-state index is -1.19. The summed E-state index contributed by atoms with van der Waals surface area (Å²) in [6, 6.07) is 13.4. The SMILES string of the molecule is Cc1ccc2c(c1)[C@]1(C(=O)N2C)[NH+](C)C[C@@H](c2ccco2)[C@@]12SC(=S)N(Cc1ccco1)C2=O. The van der Waals surface area contributed by atoms with E-state index in [9.17, 15) is 9.59 Å². The molecule has 2 spiro atoms. The predicted molar refractivity (Wildman–Crippen MR) is 132 cm³/mol. The normalized spacial score (nSPS) is 30.4. The molecule has 3 aliphatic heterocycles. The van der Waals surface area contributed by atoms with Gasteiger partial charge in [-0.15, -0.1) is 0 Å². The van der Waals surface area contributed by atoms with Crippen molar-refractivity contribution in [2.24, 2.45) is 0 Å². The van der Waals surface area contributed by atoms with Crippen LogP contribution in [0.3, 0.4) is 0 Å². The molecule has 3 aromatic rings. The monoisotopic (exact) mass is 494 g/mol. The molecule has 2 aromatic heterocycles. The number of aryl methyl sites for hydroxylation is 1. The van der Waals surface area contributed by atoms with Crippen LogP contribution in [0.25, 0.3) is 0 Å². The summed E-state index contributed by atoms with van der Waals surface area (Å²) in [5.74, 6) is 0.720. The number of rotatable bonds is 3. The van der Waals surface area contributed by atoms with Crippen molar-refractivity contribution in [2.45, 2.75) is 29.7 Å². The first kappa shape index (κ1) is 21.6. The van der Waals surface area contributed by atoms with E-state index in [0.717, 1.165) is 21.7 Å². The lowest BCUT2D eigenvalue weighted by Crippen LogP contribution is -3.16. The first-order valence-electron chi connectivity index (χ1n) is 11.1. The maximum atomic E-state index is 14.6. The summed E-state index contributed by atoms with van der Waals surface area (Å²) >= 11 is 7.13. The molecule has 0 saturated carbocycles. The molecule has 1 aromatic carbocycles. The standard InChI is InChI=1S/C25H23N3O4S2/c1-15-8-9-19-17(12-15)24(21(29)27(19)3)25(18(14-26(24)2)20-7-5-11-32-20)22(30)28(23(33)34-25)13-16-6-4-10-31-16/h4-12,18H,13-14H2,1-3H3/p+1/t18-,24+,25-/m0/s1. The van der Waals surface area contributed by atoms with Crippen LogP contribution in [0.4, 0.5) is 5.69 Å². The molecule has 6 rings (SSSR count). The minimum absolute atomic E-state index is 0.0943. The average Bonchev–Trinajstić information content (AvgIpc) is 3.61. The van der Waals surface area contributed by atoms with Crippen LogP contribution < -0.4 is 9.80 Å². The van der Waals surface area contributed by atoms with Gasteiger partial charge in [0, 0.05) is 12.6 Å². The van der Waals surface area contributed by atoms with Crippen molar-refractivity contribution in [3.8, 4) is 0 Å². The van der Waals surface area contributed by atoms with Crippen LogP contribution in [-0.2, 0) is 21.7 Å². The third-order valence-electron chi connectivity index (χ3n) is 7.55. The Hall–Kier alpha value is -2.88. The third-order valence-corrected chi connectivity index (χ3v) is 9.51.